The molecule has 0 radical (unpaired) electrons. The van der Waals surface area contributed by atoms with Crippen molar-refractivity contribution in [3.8, 4) is 33.4 Å². The number of rotatable bonds is 7. The molecule has 0 saturated carbocycles. The fraction of sp³-hybridized carbons (Fsp3) is 0.0667. The van der Waals surface area contributed by atoms with Crippen LogP contribution in [0.5, 0.6) is 0 Å². The van der Waals surface area contributed by atoms with E-state index in [-0.39, 0.29) is 24.3 Å². The molecule has 0 saturated heterocycles. The average molecular weight is 600 g/mol. The van der Waals surface area contributed by atoms with Crippen LogP contribution in [0.3, 0.4) is 0 Å². The summed E-state index contributed by atoms with van der Waals surface area (Å²) in [5.74, 6) is -10.5. The number of benzene rings is 4. The summed E-state index contributed by atoms with van der Waals surface area (Å²) in [5.41, 5.74) is -5.79. The molecule has 4 aromatic rings. The van der Waals surface area contributed by atoms with Crippen molar-refractivity contribution in [3.63, 3.8) is 0 Å². The first-order valence-electron chi connectivity index (χ1n) is 11.7. The van der Waals surface area contributed by atoms with E-state index in [1.54, 1.807) is 0 Å². The second-order valence-corrected chi connectivity index (χ2v) is 8.70. The molecular formula is C30H15F11O. The van der Waals surface area contributed by atoms with Gasteiger partial charge in [-0.2, -0.15) is 22.0 Å². The zero-order valence-corrected chi connectivity index (χ0v) is 20.8. The van der Waals surface area contributed by atoms with Gasteiger partial charge in [0.15, 0.2) is 0 Å². The minimum atomic E-state index is -5.34. The van der Waals surface area contributed by atoms with Crippen LogP contribution in [0.2, 0.25) is 0 Å². The zero-order chi connectivity index (χ0) is 30.9. The van der Waals surface area contributed by atoms with Crippen molar-refractivity contribution in [3.05, 3.63) is 125 Å². The van der Waals surface area contributed by atoms with E-state index < -0.39 is 91.9 Å². The van der Waals surface area contributed by atoms with Gasteiger partial charge in [0, 0.05) is 16.7 Å². The lowest BCUT2D eigenvalue weighted by Crippen LogP contribution is -2.11. The molecule has 0 aliphatic rings. The first-order chi connectivity index (χ1) is 19.7. The van der Waals surface area contributed by atoms with Crippen molar-refractivity contribution >= 4 is 5.83 Å². The molecule has 0 aliphatic heterocycles. The highest BCUT2D eigenvalue weighted by molar-refractivity contribution is 5.76. The lowest BCUT2D eigenvalue weighted by molar-refractivity contribution is -0.142. The van der Waals surface area contributed by atoms with Crippen molar-refractivity contribution in [2.75, 3.05) is 6.61 Å². The summed E-state index contributed by atoms with van der Waals surface area (Å²) in [7, 11) is 0. The first-order valence-corrected chi connectivity index (χ1v) is 11.7. The van der Waals surface area contributed by atoms with Gasteiger partial charge in [0.2, 0.25) is 5.83 Å². The second kappa shape index (κ2) is 11.7. The third-order valence-electron chi connectivity index (χ3n) is 5.97. The van der Waals surface area contributed by atoms with Crippen LogP contribution in [0, 0.1) is 34.9 Å². The quantitative estimate of drug-likeness (QED) is 0.117. The van der Waals surface area contributed by atoms with Crippen molar-refractivity contribution < 1.29 is 53.0 Å². The Morgan fingerprint density at radius 1 is 0.643 bits per heavy atom. The van der Waals surface area contributed by atoms with E-state index in [1.165, 1.54) is 0 Å². The number of alkyl halides is 3. The predicted molar refractivity (Wildman–Crippen MR) is 133 cm³/mol. The molecule has 0 amide bonds. The molecule has 218 valence electrons. The summed E-state index contributed by atoms with van der Waals surface area (Å²) in [4.78, 5) is 0. The summed E-state index contributed by atoms with van der Waals surface area (Å²) in [5, 5.41) is 0. The van der Waals surface area contributed by atoms with E-state index in [4.69, 9.17) is 0 Å². The molecule has 42 heavy (non-hydrogen) atoms. The van der Waals surface area contributed by atoms with Crippen LogP contribution in [0.1, 0.15) is 11.1 Å². The minimum Gasteiger partial charge on any atom is -0.464 e. The molecule has 0 atom stereocenters. The Bertz CT molecular complexity index is 1680. The molecule has 0 spiro atoms. The highest BCUT2D eigenvalue weighted by atomic mass is 19.4. The summed E-state index contributed by atoms with van der Waals surface area (Å²) in [6, 6.07) is 5.17. The summed E-state index contributed by atoms with van der Waals surface area (Å²) >= 11 is 0. The summed E-state index contributed by atoms with van der Waals surface area (Å²) < 4.78 is 158. The van der Waals surface area contributed by atoms with Gasteiger partial charge in [-0.15, -0.1) is 0 Å². The second-order valence-electron chi connectivity index (χ2n) is 8.70. The Balaban J connectivity index is 1.68. The smallest absolute Gasteiger partial charge is 0.422 e. The molecule has 12 heteroatoms. The van der Waals surface area contributed by atoms with Crippen molar-refractivity contribution in [2.45, 2.75) is 6.18 Å². The van der Waals surface area contributed by atoms with Gasteiger partial charge in [-0.1, -0.05) is 36.9 Å². The van der Waals surface area contributed by atoms with E-state index in [1.807, 2.05) is 0 Å². The topological polar surface area (TPSA) is 9.23 Å². The molecule has 0 unspecified atom stereocenters. The Morgan fingerprint density at radius 2 is 1.12 bits per heavy atom. The molecule has 0 heterocycles. The molecule has 0 aliphatic carbocycles. The number of halogens is 11. The third kappa shape index (κ3) is 6.02. The van der Waals surface area contributed by atoms with Crippen LogP contribution >= 0.6 is 0 Å². The van der Waals surface area contributed by atoms with Gasteiger partial charge < -0.3 is 4.74 Å². The molecular weight excluding hydrogens is 585 g/mol. The predicted octanol–water partition coefficient (Wildman–Crippen LogP) is 10.3. The van der Waals surface area contributed by atoms with Gasteiger partial charge >= 0.3 is 12.2 Å². The number of hydrogen-bond acceptors (Lipinski definition) is 1. The molecule has 0 aromatic heterocycles. The number of hydrogen-bond donors (Lipinski definition) is 0. The van der Waals surface area contributed by atoms with Gasteiger partial charge in [0.05, 0.1) is 5.56 Å². The van der Waals surface area contributed by atoms with Crippen molar-refractivity contribution in [1.29, 1.82) is 0 Å². The van der Waals surface area contributed by atoms with Crippen LogP contribution in [0.25, 0.3) is 39.2 Å². The molecule has 4 aromatic carbocycles. The zero-order valence-electron chi connectivity index (χ0n) is 20.8. The van der Waals surface area contributed by atoms with E-state index >= 15 is 8.78 Å². The fourth-order valence-corrected chi connectivity index (χ4v) is 4.10. The van der Waals surface area contributed by atoms with Gasteiger partial charge in [-0.05, 0) is 53.1 Å². The van der Waals surface area contributed by atoms with Crippen LogP contribution in [0.15, 0.2) is 79.3 Å². The fourth-order valence-electron chi connectivity index (χ4n) is 4.10. The Morgan fingerprint density at radius 3 is 1.60 bits per heavy atom. The molecule has 0 N–H and O–H groups in total. The third-order valence-corrected chi connectivity index (χ3v) is 5.97. The highest BCUT2D eigenvalue weighted by Gasteiger charge is 2.38. The standard InChI is InChI=1S/C30H15F11O/c1-2-7-42-29(38)28(37)15-4-6-19(21(32)9-15)16-10-22(33)26(23(34)11-16)14-3-5-18(20(31)8-14)17-12-24(35)27(25(36)13-17)30(39,40)41/h2-6,8-13H,1,7H2/b29-28-. The van der Waals surface area contributed by atoms with E-state index in [0.29, 0.717) is 24.3 Å². The monoisotopic (exact) mass is 600 g/mol. The number of ether oxygens (including phenoxy) is 1. The first kappa shape index (κ1) is 30.4. The molecule has 0 fully saturated rings. The average Bonchev–Trinajstić information content (AvgIpc) is 2.89. The van der Waals surface area contributed by atoms with Gasteiger partial charge in [-0.25, -0.2) is 26.3 Å². The molecule has 0 bridgehead atoms. The van der Waals surface area contributed by atoms with Crippen LogP contribution < -0.4 is 0 Å². The normalized spacial score (nSPS) is 12.3. The maximum atomic E-state index is 15.0. The Labute approximate surface area is 230 Å². The highest BCUT2D eigenvalue weighted by Crippen LogP contribution is 2.38. The Hall–Kier alpha value is -4.61. The van der Waals surface area contributed by atoms with E-state index in [2.05, 4.69) is 11.3 Å². The van der Waals surface area contributed by atoms with Crippen LogP contribution in [-0.4, -0.2) is 6.61 Å². The van der Waals surface area contributed by atoms with Gasteiger partial charge in [0.25, 0.3) is 0 Å². The summed E-state index contributed by atoms with van der Waals surface area (Å²) in [6.45, 7) is 2.91. The van der Waals surface area contributed by atoms with Crippen LogP contribution in [0.4, 0.5) is 48.3 Å². The van der Waals surface area contributed by atoms with Crippen molar-refractivity contribution in [2.24, 2.45) is 0 Å². The van der Waals surface area contributed by atoms with E-state index in [0.717, 1.165) is 30.3 Å². The lowest BCUT2D eigenvalue weighted by Gasteiger charge is -2.13. The largest absolute Gasteiger partial charge is 0.464 e. The van der Waals surface area contributed by atoms with Crippen LogP contribution in [-0.2, 0) is 10.9 Å². The minimum absolute atomic E-state index is 0.268. The lowest BCUT2D eigenvalue weighted by atomic mass is 9.95. The SMILES string of the molecule is C=CCO/C(F)=C(\F)c1ccc(-c2cc(F)c(-c3ccc(-c4cc(F)c(C(F)(F)F)c(F)c4)c(F)c3)c(F)c2)c(F)c1. The maximum absolute atomic E-state index is 15.0. The Kier molecular flexibility index (Phi) is 8.46. The molecule has 1 nitrogen and oxygen atoms in total. The van der Waals surface area contributed by atoms with E-state index in [9.17, 15) is 39.5 Å². The van der Waals surface area contributed by atoms with Gasteiger partial charge in [0.1, 0.15) is 47.1 Å². The van der Waals surface area contributed by atoms with Gasteiger partial charge in [-0.3, -0.25) is 0 Å². The van der Waals surface area contributed by atoms with Crippen molar-refractivity contribution in [1.82, 2.24) is 0 Å². The maximum Gasteiger partial charge on any atom is 0.422 e. The summed E-state index contributed by atoms with van der Waals surface area (Å²) in [6.07, 6.45) is -4.19. The molecule has 4 rings (SSSR count).